The molecule has 0 radical (unpaired) electrons. The van der Waals surface area contributed by atoms with Crippen LogP contribution in [0.15, 0.2) is 0 Å². The molecule has 0 saturated heterocycles. The average Bonchev–Trinajstić information content (AvgIpc) is 2.09. The first-order valence-corrected chi connectivity index (χ1v) is 4.31. The number of carbonyl (C=O) groups is 2. The molecule has 0 aliphatic heterocycles. The van der Waals surface area contributed by atoms with E-state index in [-0.39, 0.29) is 0 Å². The van der Waals surface area contributed by atoms with Crippen LogP contribution in [0.4, 0.5) is 13.2 Å². The summed E-state index contributed by atoms with van der Waals surface area (Å²) in [7, 11) is 0. The van der Waals surface area contributed by atoms with Crippen LogP contribution in [0.3, 0.4) is 0 Å². The smallest absolute Gasteiger partial charge is 0.475 e. The van der Waals surface area contributed by atoms with Gasteiger partial charge < -0.3 is 10.8 Å². The summed E-state index contributed by atoms with van der Waals surface area (Å²) in [5.41, 5.74) is 5.54. The zero-order chi connectivity index (χ0) is 12.1. The summed E-state index contributed by atoms with van der Waals surface area (Å²) in [6.45, 7) is 0. The second-order valence-corrected chi connectivity index (χ2v) is 3.18. The van der Waals surface area contributed by atoms with E-state index in [0.717, 1.165) is 12.8 Å². The molecule has 0 aromatic carbocycles. The first kappa shape index (κ1) is 13.9. The molecule has 15 heavy (non-hydrogen) atoms. The zero-order valence-electron chi connectivity index (χ0n) is 7.88. The first-order chi connectivity index (χ1) is 6.73. The third-order valence-electron chi connectivity index (χ3n) is 1.83. The fourth-order valence-electron chi connectivity index (χ4n) is 0.962. The SMILES string of the molecule is NC1CCC(=O)CC1.O=C(O)C(F)(F)F. The van der Waals surface area contributed by atoms with Crippen molar-refractivity contribution in [3.8, 4) is 0 Å². The van der Waals surface area contributed by atoms with Crippen molar-refractivity contribution in [2.45, 2.75) is 37.9 Å². The minimum Gasteiger partial charge on any atom is -0.475 e. The number of nitrogens with two attached hydrogens (primary N) is 1. The van der Waals surface area contributed by atoms with E-state index in [0.29, 0.717) is 24.7 Å². The molecule has 1 aliphatic rings. The largest absolute Gasteiger partial charge is 0.490 e. The van der Waals surface area contributed by atoms with Crippen LogP contribution in [0.5, 0.6) is 0 Å². The highest BCUT2D eigenvalue weighted by molar-refractivity contribution is 5.79. The number of rotatable bonds is 0. The quantitative estimate of drug-likeness (QED) is 0.649. The minimum absolute atomic E-state index is 0.299. The van der Waals surface area contributed by atoms with Crippen LogP contribution < -0.4 is 5.73 Å². The number of halogens is 3. The molecule has 88 valence electrons. The molecule has 0 aromatic rings. The molecule has 1 fully saturated rings. The lowest BCUT2D eigenvalue weighted by molar-refractivity contribution is -0.192. The Morgan fingerprint density at radius 1 is 1.33 bits per heavy atom. The molecule has 1 rings (SSSR count). The Balaban J connectivity index is 0.000000265. The Morgan fingerprint density at radius 3 is 1.87 bits per heavy atom. The van der Waals surface area contributed by atoms with Gasteiger partial charge in [0.2, 0.25) is 0 Å². The highest BCUT2D eigenvalue weighted by atomic mass is 19.4. The van der Waals surface area contributed by atoms with E-state index >= 15 is 0 Å². The molecule has 0 amide bonds. The predicted octanol–water partition coefficient (Wildman–Crippen LogP) is 1.09. The van der Waals surface area contributed by atoms with Gasteiger partial charge in [-0.15, -0.1) is 0 Å². The monoisotopic (exact) mass is 227 g/mol. The molecule has 1 aliphatic carbocycles. The van der Waals surface area contributed by atoms with Crippen LogP contribution in [-0.2, 0) is 9.59 Å². The van der Waals surface area contributed by atoms with Crippen molar-refractivity contribution in [2.24, 2.45) is 5.73 Å². The third kappa shape index (κ3) is 6.89. The number of carboxylic acid groups (broad SMARTS) is 1. The molecule has 3 N–H and O–H groups in total. The highest BCUT2D eigenvalue weighted by Gasteiger charge is 2.38. The maximum atomic E-state index is 10.6. The molecule has 0 aromatic heterocycles. The summed E-state index contributed by atoms with van der Waals surface area (Å²) in [4.78, 5) is 19.4. The van der Waals surface area contributed by atoms with E-state index in [4.69, 9.17) is 15.6 Å². The van der Waals surface area contributed by atoms with E-state index in [9.17, 15) is 18.0 Å². The van der Waals surface area contributed by atoms with Crippen LogP contribution >= 0.6 is 0 Å². The van der Waals surface area contributed by atoms with Crippen molar-refractivity contribution >= 4 is 11.8 Å². The molecule has 0 spiro atoms. The average molecular weight is 227 g/mol. The fourth-order valence-corrected chi connectivity index (χ4v) is 0.962. The highest BCUT2D eigenvalue weighted by Crippen LogP contribution is 2.13. The van der Waals surface area contributed by atoms with Gasteiger partial charge in [-0.3, -0.25) is 4.79 Å². The Kier molecular flexibility index (Phi) is 5.27. The molecule has 1 saturated carbocycles. The number of Topliss-reactive ketones (excluding diaryl/α,β-unsaturated/α-hetero) is 1. The number of alkyl halides is 3. The van der Waals surface area contributed by atoms with Gasteiger partial charge in [0.1, 0.15) is 5.78 Å². The summed E-state index contributed by atoms with van der Waals surface area (Å²) in [5, 5.41) is 7.12. The van der Waals surface area contributed by atoms with Crippen molar-refractivity contribution in [3.05, 3.63) is 0 Å². The second-order valence-electron chi connectivity index (χ2n) is 3.18. The zero-order valence-corrected chi connectivity index (χ0v) is 7.88. The van der Waals surface area contributed by atoms with E-state index in [2.05, 4.69) is 0 Å². The first-order valence-electron chi connectivity index (χ1n) is 4.31. The van der Waals surface area contributed by atoms with E-state index in [1.54, 1.807) is 0 Å². The molecule has 0 atom stereocenters. The van der Waals surface area contributed by atoms with Gasteiger partial charge in [-0.25, -0.2) is 4.79 Å². The predicted molar refractivity (Wildman–Crippen MR) is 45.1 cm³/mol. The van der Waals surface area contributed by atoms with E-state index < -0.39 is 12.1 Å². The molecular weight excluding hydrogens is 215 g/mol. The summed E-state index contributed by atoms with van der Waals surface area (Å²) in [6.07, 6.45) is -1.86. The summed E-state index contributed by atoms with van der Waals surface area (Å²) < 4.78 is 31.7. The van der Waals surface area contributed by atoms with Gasteiger partial charge in [0, 0.05) is 18.9 Å². The van der Waals surface area contributed by atoms with Gasteiger partial charge in [0.25, 0.3) is 0 Å². The number of hydrogen-bond acceptors (Lipinski definition) is 3. The van der Waals surface area contributed by atoms with Crippen LogP contribution in [-0.4, -0.2) is 29.1 Å². The van der Waals surface area contributed by atoms with Crippen molar-refractivity contribution in [3.63, 3.8) is 0 Å². The Morgan fingerprint density at radius 2 is 1.67 bits per heavy atom. The van der Waals surface area contributed by atoms with Crippen molar-refractivity contribution < 1.29 is 27.9 Å². The topological polar surface area (TPSA) is 80.4 Å². The van der Waals surface area contributed by atoms with E-state index in [1.165, 1.54) is 0 Å². The maximum Gasteiger partial charge on any atom is 0.490 e. The second kappa shape index (κ2) is 5.69. The van der Waals surface area contributed by atoms with Gasteiger partial charge in [-0.1, -0.05) is 0 Å². The number of carbonyl (C=O) groups excluding carboxylic acids is 1. The van der Waals surface area contributed by atoms with Gasteiger partial charge in [-0.05, 0) is 12.8 Å². The van der Waals surface area contributed by atoms with Gasteiger partial charge >= 0.3 is 12.1 Å². The molecule has 0 heterocycles. The Hall–Kier alpha value is -1.11. The molecule has 0 bridgehead atoms. The van der Waals surface area contributed by atoms with Crippen LogP contribution in [0.2, 0.25) is 0 Å². The van der Waals surface area contributed by atoms with Gasteiger partial charge in [0.15, 0.2) is 0 Å². The lowest BCUT2D eigenvalue weighted by atomic mass is 9.95. The molecule has 7 heteroatoms. The molecule has 4 nitrogen and oxygen atoms in total. The summed E-state index contributed by atoms with van der Waals surface area (Å²) in [6, 6.07) is 0.299. The standard InChI is InChI=1S/C6H11NO.C2HF3O2/c7-5-1-3-6(8)4-2-5;3-2(4,5)1(6)7/h5H,1-4,7H2;(H,6,7). The summed E-state index contributed by atoms with van der Waals surface area (Å²) in [5.74, 6) is -2.38. The normalized spacial score (nSPS) is 18.0. The van der Waals surface area contributed by atoms with Gasteiger partial charge in [0.05, 0.1) is 0 Å². The number of hydrogen-bond donors (Lipinski definition) is 2. The molecular formula is C8H12F3NO3. The minimum atomic E-state index is -5.08. The van der Waals surface area contributed by atoms with Gasteiger partial charge in [-0.2, -0.15) is 13.2 Å². The molecule has 0 unspecified atom stereocenters. The lowest BCUT2D eigenvalue weighted by Crippen LogP contribution is -2.26. The number of carboxylic acids is 1. The van der Waals surface area contributed by atoms with Crippen molar-refractivity contribution in [1.82, 2.24) is 0 Å². The summed E-state index contributed by atoms with van der Waals surface area (Å²) >= 11 is 0. The Labute approximate surface area is 84.2 Å². The van der Waals surface area contributed by atoms with Crippen LogP contribution in [0.1, 0.15) is 25.7 Å². The fraction of sp³-hybridized carbons (Fsp3) is 0.750. The maximum absolute atomic E-state index is 10.6. The van der Waals surface area contributed by atoms with Crippen molar-refractivity contribution in [1.29, 1.82) is 0 Å². The third-order valence-corrected chi connectivity index (χ3v) is 1.83. The lowest BCUT2D eigenvalue weighted by Gasteiger charge is -2.14. The number of ketones is 1. The van der Waals surface area contributed by atoms with Crippen LogP contribution in [0.25, 0.3) is 0 Å². The van der Waals surface area contributed by atoms with Crippen molar-refractivity contribution in [2.75, 3.05) is 0 Å². The number of aliphatic carboxylic acids is 1. The van der Waals surface area contributed by atoms with Crippen LogP contribution in [0, 0.1) is 0 Å². The Bertz CT molecular complexity index is 230. The van der Waals surface area contributed by atoms with E-state index in [1.807, 2.05) is 0 Å².